The number of ether oxygens (including phenoxy) is 1. The second-order valence-corrected chi connectivity index (χ2v) is 8.23. The molecule has 0 fully saturated rings. The van der Waals surface area contributed by atoms with Gasteiger partial charge >= 0.3 is 5.97 Å². The van der Waals surface area contributed by atoms with Gasteiger partial charge in [-0.3, -0.25) is 0 Å². The summed E-state index contributed by atoms with van der Waals surface area (Å²) in [5.74, 6) is -0.491. The van der Waals surface area contributed by atoms with E-state index in [9.17, 15) is 18.3 Å². The molecule has 5 nitrogen and oxygen atoms in total. The molecule has 2 aromatic carbocycles. The monoisotopic (exact) mass is 388 g/mol. The Morgan fingerprint density at radius 3 is 2.26 bits per heavy atom. The Hall–Kier alpha value is -2.44. The van der Waals surface area contributed by atoms with Gasteiger partial charge in [-0.05, 0) is 42.7 Å². The van der Waals surface area contributed by atoms with Crippen molar-refractivity contribution in [2.24, 2.45) is 0 Å². The molecule has 2 aromatic rings. The average Bonchev–Trinajstić information content (AvgIpc) is 2.61. The summed E-state index contributed by atoms with van der Waals surface area (Å²) in [5, 5.41) is 9.48. The van der Waals surface area contributed by atoms with Crippen molar-refractivity contribution in [1.29, 1.82) is 0 Å². The zero-order valence-electron chi connectivity index (χ0n) is 15.7. The summed E-state index contributed by atoms with van der Waals surface area (Å²) in [5.41, 5.74) is 3.50. The topological polar surface area (TPSA) is 80.7 Å². The zero-order chi connectivity index (χ0) is 20.0. The van der Waals surface area contributed by atoms with E-state index in [-0.39, 0.29) is 24.5 Å². The minimum atomic E-state index is -3.32. The molecule has 0 aliphatic heterocycles. The van der Waals surface area contributed by atoms with Crippen molar-refractivity contribution < 1.29 is 23.1 Å². The van der Waals surface area contributed by atoms with Crippen LogP contribution in [0.15, 0.2) is 59.0 Å². The second-order valence-electron chi connectivity index (χ2n) is 6.21. The predicted octanol–water partition coefficient (Wildman–Crippen LogP) is 3.15. The van der Waals surface area contributed by atoms with Crippen molar-refractivity contribution in [3.05, 3.63) is 70.8 Å². The lowest BCUT2D eigenvalue weighted by Crippen LogP contribution is -2.12. The first-order valence-electron chi connectivity index (χ1n) is 8.66. The van der Waals surface area contributed by atoms with Crippen LogP contribution in [0.25, 0.3) is 5.57 Å². The Labute approximate surface area is 160 Å². The maximum atomic E-state index is 12.5. The Morgan fingerprint density at radius 2 is 1.74 bits per heavy atom. The molecule has 0 radical (unpaired) electrons. The van der Waals surface area contributed by atoms with Gasteiger partial charge in [-0.2, -0.15) is 0 Å². The van der Waals surface area contributed by atoms with E-state index in [2.05, 4.69) is 0 Å². The predicted molar refractivity (Wildman–Crippen MR) is 105 cm³/mol. The lowest BCUT2D eigenvalue weighted by atomic mass is 9.91. The van der Waals surface area contributed by atoms with Crippen LogP contribution in [0.5, 0.6) is 0 Å². The summed E-state index contributed by atoms with van der Waals surface area (Å²) in [6, 6.07) is 14.0. The zero-order valence-corrected chi connectivity index (χ0v) is 16.5. The summed E-state index contributed by atoms with van der Waals surface area (Å²) in [4.78, 5) is 12.7. The van der Waals surface area contributed by atoms with Crippen molar-refractivity contribution in [3.8, 4) is 0 Å². The maximum Gasteiger partial charge on any atom is 0.334 e. The van der Waals surface area contributed by atoms with Crippen LogP contribution in [0.3, 0.4) is 0 Å². The summed E-state index contributed by atoms with van der Waals surface area (Å²) in [6.07, 6.45) is 1.28. The Bertz CT molecular complexity index is 941. The molecule has 0 aromatic heterocycles. The van der Waals surface area contributed by atoms with Gasteiger partial charge in [0.15, 0.2) is 9.84 Å². The lowest BCUT2D eigenvalue weighted by molar-refractivity contribution is -0.138. The number of sulfone groups is 1. The van der Waals surface area contributed by atoms with Gasteiger partial charge in [0.25, 0.3) is 0 Å². The van der Waals surface area contributed by atoms with Crippen LogP contribution in [0.2, 0.25) is 0 Å². The first kappa shape index (κ1) is 20.9. The van der Waals surface area contributed by atoms with Crippen LogP contribution >= 0.6 is 0 Å². The van der Waals surface area contributed by atoms with E-state index in [0.29, 0.717) is 16.7 Å². The minimum Gasteiger partial charge on any atom is -0.463 e. The van der Waals surface area contributed by atoms with Crippen LogP contribution < -0.4 is 0 Å². The average molecular weight is 388 g/mol. The molecule has 0 saturated carbocycles. The van der Waals surface area contributed by atoms with Gasteiger partial charge in [-0.25, -0.2) is 13.2 Å². The molecule has 6 heteroatoms. The highest BCUT2D eigenvalue weighted by Gasteiger charge is 2.20. The Kier molecular flexibility index (Phi) is 6.93. The maximum absolute atomic E-state index is 12.5. The molecule has 0 amide bonds. The molecular formula is C21H24O5S. The number of aliphatic hydroxyl groups excluding tert-OH is 1. The summed E-state index contributed by atoms with van der Waals surface area (Å²) in [7, 11) is -3.32. The summed E-state index contributed by atoms with van der Waals surface area (Å²) in [6.45, 7) is 3.69. The lowest BCUT2D eigenvalue weighted by Gasteiger charge is -2.16. The molecule has 144 valence electrons. The van der Waals surface area contributed by atoms with E-state index in [1.54, 1.807) is 19.1 Å². The van der Waals surface area contributed by atoms with Gasteiger partial charge < -0.3 is 9.84 Å². The van der Waals surface area contributed by atoms with E-state index >= 15 is 0 Å². The van der Waals surface area contributed by atoms with Gasteiger partial charge in [0.05, 0.1) is 11.5 Å². The van der Waals surface area contributed by atoms with Crippen molar-refractivity contribution >= 4 is 21.4 Å². The number of hydrogen-bond donors (Lipinski definition) is 1. The summed E-state index contributed by atoms with van der Waals surface area (Å²) < 4.78 is 28.7. The van der Waals surface area contributed by atoms with Gasteiger partial charge in [-0.1, -0.05) is 42.0 Å². The van der Waals surface area contributed by atoms with E-state index < -0.39 is 15.8 Å². The van der Waals surface area contributed by atoms with Gasteiger partial charge in [0, 0.05) is 24.9 Å². The molecule has 0 heterocycles. The molecule has 0 bridgehead atoms. The first-order chi connectivity index (χ1) is 12.8. The second kappa shape index (κ2) is 8.97. The van der Waals surface area contributed by atoms with Crippen molar-refractivity contribution in [1.82, 2.24) is 0 Å². The third-order valence-corrected chi connectivity index (χ3v) is 5.19. The van der Waals surface area contributed by atoms with E-state index in [0.717, 1.165) is 17.4 Å². The molecular weight excluding hydrogens is 364 g/mol. The number of aryl methyl sites for hydroxylation is 1. The first-order valence-corrected chi connectivity index (χ1v) is 10.6. The van der Waals surface area contributed by atoms with Gasteiger partial charge in [0.1, 0.15) is 0 Å². The largest absolute Gasteiger partial charge is 0.463 e. The molecule has 1 N–H and O–H groups in total. The highest BCUT2D eigenvalue weighted by molar-refractivity contribution is 7.90. The fourth-order valence-corrected chi connectivity index (χ4v) is 3.47. The van der Waals surface area contributed by atoms with Crippen LogP contribution in [0.4, 0.5) is 0 Å². The number of rotatable bonds is 7. The van der Waals surface area contributed by atoms with Gasteiger partial charge in [-0.15, -0.1) is 0 Å². The normalized spacial score (nSPS) is 12.4. The van der Waals surface area contributed by atoms with Crippen molar-refractivity contribution in [2.45, 2.75) is 25.2 Å². The standard InChI is InChI=1S/C21H24O5S/c1-4-26-21(23)19(12-13-22)20(17-7-5-6-15(2)14-17)16-8-10-18(11-9-16)27(3,24)25/h5-11,14,22H,4,12-13H2,1-3H3. The SMILES string of the molecule is CCOC(=O)C(CCO)=C(c1ccc(S(C)(=O)=O)cc1)c1cccc(C)c1. The third-order valence-electron chi connectivity index (χ3n) is 4.06. The molecule has 0 aliphatic carbocycles. The molecule has 0 spiro atoms. The van der Waals surface area contributed by atoms with Crippen LogP contribution in [0.1, 0.15) is 30.0 Å². The fourth-order valence-electron chi connectivity index (χ4n) is 2.84. The smallest absolute Gasteiger partial charge is 0.334 e. The number of hydrogen-bond acceptors (Lipinski definition) is 5. The molecule has 27 heavy (non-hydrogen) atoms. The highest BCUT2D eigenvalue weighted by atomic mass is 32.2. The van der Waals surface area contributed by atoms with Crippen LogP contribution in [-0.2, 0) is 19.4 Å². The Morgan fingerprint density at radius 1 is 1.07 bits per heavy atom. The van der Waals surface area contributed by atoms with E-state index in [1.807, 2.05) is 31.2 Å². The number of benzene rings is 2. The van der Waals surface area contributed by atoms with Gasteiger partial charge in [0.2, 0.25) is 0 Å². The third kappa shape index (κ3) is 5.28. The van der Waals surface area contributed by atoms with Crippen LogP contribution in [-0.4, -0.2) is 39.0 Å². The molecule has 0 atom stereocenters. The molecule has 0 aliphatic rings. The van der Waals surface area contributed by atoms with Crippen molar-refractivity contribution in [3.63, 3.8) is 0 Å². The van der Waals surface area contributed by atoms with Crippen molar-refractivity contribution in [2.75, 3.05) is 19.5 Å². The number of carbonyl (C=O) groups is 1. The Balaban J connectivity index is 2.72. The van der Waals surface area contributed by atoms with E-state index in [4.69, 9.17) is 4.74 Å². The molecule has 0 saturated heterocycles. The quantitative estimate of drug-likeness (QED) is 0.582. The van der Waals surface area contributed by atoms with Crippen LogP contribution in [0, 0.1) is 6.92 Å². The summed E-state index contributed by atoms with van der Waals surface area (Å²) >= 11 is 0. The molecule has 2 rings (SSSR count). The fraction of sp³-hybridized carbons (Fsp3) is 0.286. The number of esters is 1. The minimum absolute atomic E-state index is 0.135. The van der Waals surface area contributed by atoms with E-state index in [1.165, 1.54) is 12.1 Å². The highest BCUT2D eigenvalue weighted by Crippen LogP contribution is 2.30. The molecule has 0 unspecified atom stereocenters. The number of carbonyl (C=O) groups excluding carboxylic acids is 1. The number of aliphatic hydroxyl groups is 1.